The molecule has 222 valence electrons. The Morgan fingerprint density at radius 2 is 1.51 bits per heavy atom. The summed E-state index contributed by atoms with van der Waals surface area (Å²) in [4.78, 5) is 28.3. The second kappa shape index (κ2) is 12.0. The number of likely N-dealkylation sites (N-methyl/N-ethyl adjacent to an activating group) is 1. The van der Waals surface area contributed by atoms with Gasteiger partial charge in [-0.25, -0.2) is 8.42 Å². The van der Waals surface area contributed by atoms with E-state index in [1.807, 2.05) is 38.1 Å². The van der Waals surface area contributed by atoms with Crippen LogP contribution in [-0.2, 0) is 31.6 Å². The number of benzene rings is 2. The average Bonchev–Trinajstić information content (AvgIpc) is 2.91. The van der Waals surface area contributed by atoms with Gasteiger partial charge in [0.25, 0.3) is 0 Å². The van der Waals surface area contributed by atoms with Crippen molar-refractivity contribution in [2.24, 2.45) is 17.8 Å². The summed E-state index contributed by atoms with van der Waals surface area (Å²) >= 11 is 6.06. The molecule has 6 rings (SSSR count). The molecule has 4 aliphatic carbocycles. The molecule has 0 radical (unpaired) electrons. The number of hydrogen-bond donors (Lipinski definition) is 1. The maximum atomic E-state index is 13.9. The first-order valence-corrected chi connectivity index (χ1v) is 17.1. The summed E-state index contributed by atoms with van der Waals surface area (Å²) in [5.41, 5.74) is 2.77. The van der Waals surface area contributed by atoms with Crippen LogP contribution >= 0.6 is 11.6 Å². The molecule has 0 aliphatic heterocycles. The molecule has 0 aromatic heterocycles. The van der Waals surface area contributed by atoms with Crippen LogP contribution in [0.4, 0.5) is 5.69 Å². The van der Waals surface area contributed by atoms with Gasteiger partial charge in [0.15, 0.2) is 0 Å². The van der Waals surface area contributed by atoms with Crippen LogP contribution in [-0.4, -0.2) is 50.5 Å². The Morgan fingerprint density at radius 1 is 0.951 bits per heavy atom. The molecule has 2 aromatic carbocycles. The summed E-state index contributed by atoms with van der Waals surface area (Å²) in [6.07, 6.45) is 9.29. The molecule has 0 unspecified atom stereocenters. The summed E-state index contributed by atoms with van der Waals surface area (Å²) in [6.45, 7) is 3.88. The molecule has 0 heterocycles. The zero-order valence-electron chi connectivity index (χ0n) is 24.3. The maximum absolute atomic E-state index is 13.9. The van der Waals surface area contributed by atoms with Crippen molar-refractivity contribution in [2.75, 3.05) is 23.7 Å². The van der Waals surface area contributed by atoms with Gasteiger partial charge in [-0.15, -0.1) is 0 Å². The highest BCUT2D eigenvalue weighted by molar-refractivity contribution is 7.92. The van der Waals surface area contributed by atoms with E-state index in [4.69, 9.17) is 11.6 Å². The van der Waals surface area contributed by atoms with E-state index in [2.05, 4.69) is 17.4 Å². The first-order chi connectivity index (χ1) is 19.5. The minimum Gasteiger partial charge on any atom is -0.355 e. The standard InChI is InChI=1S/C32H42ClN3O4S/c1-4-29(31(38)34-5-2)35(20-22-6-10-27(33)11-7-22)30(37)21-36(41(3,39)40)28-12-8-26(9-13-28)32-17-23-14-24(18-32)16-25(15-23)19-32/h6-13,23-25,29H,4-5,14-21H2,1-3H3,(H,34,38)/t23?,24?,25?,29-,32?/m0/s1. The van der Waals surface area contributed by atoms with Gasteiger partial charge in [0.05, 0.1) is 11.9 Å². The smallest absolute Gasteiger partial charge is 0.244 e. The Balaban J connectivity index is 1.40. The van der Waals surface area contributed by atoms with Crippen LogP contribution in [0.15, 0.2) is 48.5 Å². The summed E-state index contributed by atoms with van der Waals surface area (Å²) in [7, 11) is -3.78. The van der Waals surface area contributed by atoms with Gasteiger partial charge in [-0.1, -0.05) is 42.8 Å². The lowest BCUT2D eigenvalue weighted by molar-refractivity contribution is -0.140. The normalized spacial score (nSPS) is 25.5. The zero-order valence-corrected chi connectivity index (χ0v) is 25.9. The molecule has 4 aliphatic rings. The Labute approximate surface area is 249 Å². The molecule has 1 atom stereocenters. The lowest BCUT2D eigenvalue weighted by atomic mass is 9.48. The summed E-state index contributed by atoms with van der Waals surface area (Å²) in [5.74, 6) is 1.74. The molecule has 7 nitrogen and oxygen atoms in total. The van der Waals surface area contributed by atoms with Crippen molar-refractivity contribution in [3.05, 3.63) is 64.7 Å². The maximum Gasteiger partial charge on any atom is 0.244 e. The third kappa shape index (κ3) is 6.43. The van der Waals surface area contributed by atoms with Crippen molar-refractivity contribution in [1.29, 1.82) is 0 Å². The van der Waals surface area contributed by atoms with Gasteiger partial charge >= 0.3 is 0 Å². The highest BCUT2D eigenvalue weighted by Gasteiger charge is 2.51. The molecule has 41 heavy (non-hydrogen) atoms. The number of halogens is 1. The minimum atomic E-state index is -3.78. The van der Waals surface area contributed by atoms with Gasteiger partial charge in [0.2, 0.25) is 21.8 Å². The monoisotopic (exact) mass is 599 g/mol. The van der Waals surface area contributed by atoms with Gasteiger partial charge in [0.1, 0.15) is 12.6 Å². The van der Waals surface area contributed by atoms with Gasteiger partial charge in [0, 0.05) is 18.1 Å². The van der Waals surface area contributed by atoms with Gasteiger partial charge in [-0.2, -0.15) is 0 Å². The Kier molecular flexibility index (Phi) is 8.72. The predicted octanol–water partition coefficient (Wildman–Crippen LogP) is 5.52. The number of carbonyl (C=O) groups is 2. The molecule has 2 amide bonds. The number of anilines is 1. The van der Waals surface area contributed by atoms with E-state index in [1.165, 1.54) is 49.0 Å². The minimum absolute atomic E-state index is 0.161. The second-order valence-electron chi connectivity index (χ2n) is 12.5. The number of nitrogens with zero attached hydrogens (tertiary/aromatic N) is 2. The summed E-state index contributed by atoms with van der Waals surface area (Å²) in [6, 6.07) is 14.2. The van der Waals surface area contributed by atoms with Crippen molar-refractivity contribution in [3.63, 3.8) is 0 Å². The zero-order chi connectivity index (χ0) is 29.4. The fraction of sp³-hybridized carbons (Fsp3) is 0.562. The van der Waals surface area contributed by atoms with Gasteiger partial charge < -0.3 is 10.2 Å². The van der Waals surface area contributed by atoms with Crippen molar-refractivity contribution >= 4 is 39.1 Å². The van der Waals surface area contributed by atoms with E-state index >= 15 is 0 Å². The van der Waals surface area contributed by atoms with Crippen LogP contribution in [0.5, 0.6) is 0 Å². The van der Waals surface area contributed by atoms with E-state index in [0.717, 1.165) is 33.9 Å². The van der Waals surface area contributed by atoms with Crippen molar-refractivity contribution in [2.45, 2.75) is 76.8 Å². The number of nitrogens with one attached hydrogen (secondary N) is 1. The van der Waals surface area contributed by atoms with E-state index in [1.54, 1.807) is 12.1 Å². The van der Waals surface area contributed by atoms with Gasteiger partial charge in [-0.05, 0) is 110 Å². The summed E-state index contributed by atoms with van der Waals surface area (Å²) in [5, 5.41) is 3.39. The molecule has 9 heteroatoms. The molecular weight excluding hydrogens is 558 g/mol. The Morgan fingerprint density at radius 3 is 2.00 bits per heavy atom. The van der Waals surface area contributed by atoms with E-state index < -0.39 is 22.0 Å². The molecule has 4 saturated carbocycles. The Hall–Kier alpha value is -2.58. The average molecular weight is 600 g/mol. The van der Waals surface area contributed by atoms with Crippen molar-refractivity contribution in [1.82, 2.24) is 10.2 Å². The lowest BCUT2D eigenvalue weighted by Gasteiger charge is -2.57. The van der Waals surface area contributed by atoms with Crippen LogP contribution in [0, 0.1) is 17.8 Å². The largest absolute Gasteiger partial charge is 0.355 e. The molecule has 0 saturated heterocycles. The van der Waals surface area contributed by atoms with Gasteiger partial charge in [-0.3, -0.25) is 13.9 Å². The molecule has 0 spiro atoms. The number of amides is 2. The second-order valence-corrected chi connectivity index (χ2v) is 14.8. The van der Waals surface area contributed by atoms with E-state index in [0.29, 0.717) is 23.7 Å². The van der Waals surface area contributed by atoms with Crippen LogP contribution in [0.3, 0.4) is 0 Å². The van der Waals surface area contributed by atoms with Crippen LogP contribution in [0.1, 0.15) is 69.9 Å². The van der Waals surface area contributed by atoms with E-state index in [9.17, 15) is 18.0 Å². The highest BCUT2D eigenvalue weighted by Crippen LogP contribution is 2.60. The SMILES string of the molecule is CCNC(=O)[C@H](CC)N(Cc1ccc(Cl)cc1)C(=O)CN(c1ccc(C23CC4CC(CC(C4)C2)C3)cc1)S(C)(=O)=O. The fourth-order valence-electron chi connectivity index (χ4n) is 8.06. The van der Waals surface area contributed by atoms with E-state index in [-0.39, 0.29) is 24.4 Å². The number of carbonyl (C=O) groups excluding carboxylic acids is 2. The summed E-state index contributed by atoms with van der Waals surface area (Å²) < 4.78 is 27.2. The first kappa shape index (κ1) is 29.9. The Bertz CT molecular complexity index is 1330. The molecule has 4 fully saturated rings. The molecular formula is C32H42ClN3O4S. The van der Waals surface area contributed by atoms with Crippen LogP contribution < -0.4 is 9.62 Å². The van der Waals surface area contributed by atoms with Crippen LogP contribution in [0.2, 0.25) is 5.02 Å². The molecule has 1 N–H and O–H groups in total. The third-order valence-electron chi connectivity index (χ3n) is 9.49. The van der Waals surface area contributed by atoms with Crippen molar-refractivity contribution < 1.29 is 18.0 Å². The fourth-order valence-corrected chi connectivity index (χ4v) is 9.03. The highest BCUT2D eigenvalue weighted by atomic mass is 35.5. The van der Waals surface area contributed by atoms with Crippen LogP contribution in [0.25, 0.3) is 0 Å². The number of rotatable bonds is 11. The first-order valence-electron chi connectivity index (χ1n) is 14.9. The topological polar surface area (TPSA) is 86.8 Å². The molecule has 2 aromatic rings. The number of sulfonamides is 1. The third-order valence-corrected chi connectivity index (χ3v) is 10.9. The quantitative estimate of drug-likeness (QED) is 0.369. The lowest BCUT2D eigenvalue weighted by Crippen LogP contribution is -2.52. The van der Waals surface area contributed by atoms with Crippen molar-refractivity contribution in [3.8, 4) is 0 Å². The molecule has 4 bridgehead atoms. The number of hydrogen-bond acceptors (Lipinski definition) is 4. The predicted molar refractivity (Wildman–Crippen MR) is 163 cm³/mol.